The lowest BCUT2D eigenvalue weighted by atomic mass is 9.94. The van der Waals surface area contributed by atoms with Gasteiger partial charge in [-0.05, 0) is 71.1 Å². The molecular weight excluding hydrogens is 527 g/mol. The van der Waals surface area contributed by atoms with Crippen LogP contribution in [0.2, 0.25) is 0 Å². The maximum absolute atomic E-state index is 13.5. The third-order valence-corrected chi connectivity index (χ3v) is 10.1. The lowest BCUT2D eigenvalue weighted by Crippen LogP contribution is -2.41. The van der Waals surface area contributed by atoms with Gasteiger partial charge in [0.1, 0.15) is 28.4 Å². The first-order chi connectivity index (χ1) is 17.1. The highest BCUT2D eigenvalue weighted by Crippen LogP contribution is 2.30. The maximum atomic E-state index is 13.5. The van der Waals surface area contributed by atoms with Gasteiger partial charge in [-0.25, -0.2) is 26.3 Å². The zero-order valence-electron chi connectivity index (χ0n) is 21.5. The zero-order chi connectivity index (χ0) is 27.7. The third kappa shape index (κ3) is 7.18. The Morgan fingerprint density at radius 3 is 2.16 bits per heavy atom. The second-order valence-electron chi connectivity index (χ2n) is 10.2. The highest BCUT2D eigenvalue weighted by Gasteiger charge is 2.37. The Labute approximate surface area is 218 Å². The van der Waals surface area contributed by atoms with Crippen molar-refractivity contribution >= 4 is 38.5 Å². The number of nitrogens with two attached hydrogens (primary N) is 1. The SMILES string of the molecule is Cc1cc(N)c(S(=O)(=O)NC2CCC(O[S+](C)C(C)(C)C)CC2)cc1C(=O)Nc1cc(F)c(F)c(F)c1. The highest BCUT2D eigenvalue weighted by molar-refractivity contribution is 7.93. The molecule has 12 heteroatoms. The number of rotatable bonds is 7. The summed E-state index contributed by atoms with van der Waals surface area (Å²) >= 11 is -0.230. The van der Waals surface area contributed by atoms with Crippen LogP contribution in [0.3, 0.4) is 0 Å². The summed E-state index contributed by atoms with van der Waals surface area (Å²) in [6.07, 6.45) is 4.73. The molecule has 37 heavy (non-hydrogen) atoms. The largest absolute Gasteiger partial charge is 0.398 e. The lowest BCUT2D eigenvalue weighted by Gasteiger charge is -2.29. The first kappa shape index (κ1) is 29.3. The number of halogens is 3. The van der Waals surface area contributed by atoms with Gasteiger partial charge in [-0.15, -0.1) is 0 Å². The first-order valence-electron chi connectivity index (χ1n) is 11.8. The molecule has 1 amide bonds. The molecule has 0 bridgehead atoms. The summed E-state index contributed by atoms with van der Waals surface area (Å²) in [5.74, 6) is -5.42. The van der Waals surface area contributed by atoms with E-state index in [2.05, 4.69) is 37.1 Å². The van der Waals surface area contributed by atoms with Crippen molar-refractivity contribution < 1.29 is 30.6 Å². The Balaban J connectivity index is 1.73. The normalized spacial score (nSPS) is 19.5. The van der Waals surface area contributed by atoms with E-state index in [1.165, 1.54) is 6.07 Å². The molecule has 1 fully saturated rings. The monoisotopic (exact) mass is 560 g/mol. The van der Waals surface area contributed by atoms with Crippen molar-refractivity contribution in [2.24, 2.45) is 0 Å². The van der Waals surface area contributed by atoms with Crippen molar-refractivity contribution in [3.8, 4) is 0 Å². The second kappa shape index (κ2) is 11.2. The van der Waals surface area contributed by atoms with Crippen LogP contribution in [0.1, 0.15) is 62.4 Å². The van der Waals surface area contributed by atoms with E-state index in [1.54, 1.807) is 6.92 Å². The van der Waals surface area contributed by atoms with Crippen LogP contribution in [0.15, 0.2) is 29.2 Å². The Morgan fingerprint density at radius 2 is 1.62 bits per heavy atom. The van der Waals surface area contributed by atoms with Gasteiger partial charge < -0.3 is 11.1 Å². The van der Waals surface area contributed by atoms with E-state index < -0.39 is 33.4 Å². The van der Waals surface area contributed by atoms with Gasteiger partial charge in [0.25, 0.3) is 5.91 Å². The number of amides is 1. The summed E-state index contributed by atoms with van der Waals surface area (Å²) in [5, 5.41) is 2.26. The molecule has 204 valence electrons. The van der Waals surface area contributed by atoms with Crippen LogP contribution in [0.4, 0.5) is 24.5 Å². The average molecular weight is 561 g/mol. The minimum atomic E-state index is -4.08. The number of nitrogen functional groups attached to an aromatic ring is 1. The molecule has 1 atom stereocenters. The quantitative estimate of drug-likeness (QED) is 0.256. The number of anilines is 2. The zero-order valence-corrected chi connectivity index (χ0v) is 23.1. The fraction of sp³-hybridized carbons (Fsp3) is 0.480. The van der Waals surface area contributed by atoms with Crippen LogP contribution >= 0.6 is 0 Å². The standard InChI is InChI=1S/C25H32F3N3O4S2/c1-14-10-21(29)22(13-18(14)24(32)30-16-11-19(26)23(28)20(27)12-16)37(33,34)31-15-6-8-17(9-7-15)35-36(5)25(2,3)4/h10-13,15,17,31H,6-9H2,1-5H3,(H2-,29,30,32)/p+1. The predicted molar refractivity (Wildman–Crippen MR) is 140 cm³/mol. The molecular formula is C25H33F3N3O4S2+. The minimum Gasteiger partial charge on any atom is -0.398 e. The fourth-order valence-corrected chi connectivity index (χ4v) is 6.26. The Bertz CT molecular complexity index is 1250. The van der Waals surface area contributed by atoms with Crippen molar-refractivity contribution in [3.05, 3.63) is 52.8 Å². The second-order valence-corrected chi connectivity index (χ2v) is 14.2. The number of hydrogen-bond donors (Lipinski definition) is 3. The molecule has 0 aliphatic heterocycles. The molecule has 0 saturated heterocycles. The summed E-state index contributed by atoms with van der Waals surface area (Å²) in [4.78, 5) is 12.5. The molecule has 0 radical (unpaired) electrons. The number of nitrogens with one attached hydrogen (secondary N) is 2. The number of hydrogen-bond acceptors (Lipinski definition) is 5. The summed E-state index contributed by atoms with van der Waals surface area (Å²) in [7, 11) is -4.08. The molecule has 7 nitrogen and oxygen atoms in total. The van der Waals surface area contributed by atoms with E-state index in [0.717, 1.165) is 6.07 Å². The van der Waals surface area contributed by atoms with E-state index in [4.69, 9.17) is 9.92 Å². The average Bonchev–Trinajstić information content (AvgIpc) is 2.77. The molecule has 2 aromatic rings. The van der Waals surface area contributed by atoms with Crippen LogP contribution in [0, 0.1) is 24.4 Å². The van der Waals surface area contributed by atoms with E-state index in [1.807, 2.05) is 0 Å². The smallest absolute Gasteiger partial charge is 0.255 e. The molecule has 0 aromatic heterocycles. The van der Waals surface area contributed by atoms with Crippen molar-refractivity contribution in [2.45, 2.75) is 75.2 Å². The number of carbonyl (C=O) groups is 1. The third-order valence-electron chi connectivity index (χ3n) is 6.27. The number of benzene rings is 2. The van der Waals surface area contributed by atoms with Gasteiger partial charge >= 0.3 is 0 Å². The molecule has 1 aliphatic carbocycles. The van der Waals surface area contributed by atoms with E-state index in [9.17, 15) is 26.4 Å². The van der Waals surface area contributed by atoms with Gasteiger partial charge in [0.2, 0.25) is 10.0 Å². The first-order valence-corrected chi connectivity index (χ1v) is 14.8. The van der Waals surface area contributed by atoms with Crippen LogP contribution in [-0.2, 0) is 25.4 Å². The summed E-state index contributed by atoms with van der Waals surface area (Å²) in [6.45, 7) is 7.90. The molecule has 0 heterocycles. The van der Waals surface area contributed by atoms with Gasteiger partial charge in [0, 0.05) is 29.4 Å². The Morgan fingerprint density at radius 1 is 1.05 bits per heavy atom. The topological polar surface area (TPSA) is 111 Å². The van der Waals surface area contributed by atoms with E-state index in [0.29, 0.717) is 43.4 Å². The fourth-order valence-electron chi connectivity index (χ4n) is 3.92. The van der Waals surface area contributed by atoms with Gasteiger partial charge in [-0.1, -0.05) is 0 Å². The van der Waals surface area contributed by atoms with E-state index in [-0.39, 0.29) is 49.9 Å². The predicted octanol–water partition coefficient (Wildman–Crippen LogP) is 4.81. The van der Waals surface area contributed by atoms with Crippen LogP contribution < -0.4 is 15.8 Å². The van der Waals surface area contributed by atoms with Crippen LogP contribution in [-0.4, -0.2) is 37.5 Å². The van der Waals surface area contributed by atoms with Crippen molar-refractivity contribution in [2.75, 3.05) is 17.3 Å². The van der Waals surface area contributed by atoms with Crippen molar-refractivity contribution in [3.63, 3.8) is 0 Å². The Kier molecular flexibility index (Phi) is 8.88. The molecule has 0 spiro atoms. The molecule has 1 aliphatic rings. The highest BCUT2D eigenvalue weighted by atomic mass is 32.2. The number of carbonyl (C=O) groups excluding carboxylic acids is 1. The van der Waals surface area contributed by atoms with Crippen molar-refractivity contribution in [1.29, 1.82) is 0 Å². The Hall–Kier alpha value is -2.28. The molecule has 2 aromatic carbocycles. The lowest BCUT2D eigenvalue weighted by molar-refractivity contribution is 0.102. The molecule has 3 rings (SSSR count). The number of sulfonamides is 1. The minimum absolute atomic E-state index is 0.0322. The van der Waals surface area contributed by atoms with Gasteiger partial charge in [-0.3, -0.25) is 4.79 Å². The summed E-state index contributed by atoms with van der Waals surface area (Å²) in [5.41, 5.74) is 5.92. The number of aryl methyl sites for hydroxylation is 1. The van der Waals surface area contributed by atoms with Gasteiger partial charge in [0.05, 0.1) is 5.69 Å². The van der Waals surface area contributed by atoms with Crippen molar-refractivity contribution in [1.82, 2.24) is 4.72 Å². The van der Waals surface area contributed by atoms with E-state index >= 15 is 0 Å². The van der Waals surface area contributed by atoms with Gasteiger partial charge in [-0.2, -0.15) is 4.18 Å². The molecule has 4 N–H and O–H groups in total. The maximum Gasteiger partial charge on any atom is 0.255 e. The molecule has 1 unspecified atom stereocenters. The van der Waals surface area contributed by atoms with Crippen LogP contribution in [0.25, 0.3) is 0 Å². The summed E-state index contributed by atoms with van der Waals surface area (Å²) in [6, 6.07) is 3.41. The molecule has 1 saturated carbocycles. The van der Waals surface area contributed by atoms with Gasteiger partial charge in [0.15, 0.2) is 22.2 Å². The van der Waals surface area contributed by atoms with Crippen LogP contribution in [0.5, 0.6) is 0 Å². The summed E-state index contributed by atoms with van der Waals surface area (Å²) < 4.78 is 75.6.